The Hall–Kier alpha value is -1.99. The van der Waals surface area contributed by atoms with Gasteiger partial charge in [-0.3, -0.25) is 0 Å². The van der Waals surface area contributed by atoms with Crippen LogP contribution in [0.2, 0.25) is 0 Å². The Morgan fingerprint density at radius 2 is 2.09 bits per heavy atom. The third kappa shape index (κ3) is 2.95. The van der Waals surface area contributed by atoms with Crippen LogP contribution < -0.4 is 4.74 Å². The predicted octanol–water partition coefficient (Wildman–Crippen LogP) is 4.01. The topological polar surface area (TPSA) is 58.1 Å². The predicted molar refractivity (Wildman–Crippen MR) is 80.9 cm³/mol. The van der Waals surface area contributed by atoms with Crippen LogP contribution in [0.1, 0.15) is 17.2 Å². The molecular weight excluding hydrogens is 358 g/mol. The largest absolute Gasteiger partial charge is 0.435 e. The third-order valence-electron chi connectivity index (χ3n) is 3.22. The molecule has 1 unspecified atom stereocenters. The van der Waals surface area contributed by atoms with Crippen molar-refractivity contribution >= 4 is 27.0 Å². The first-order valence-electron chi connectivity index (χ1n) is 6.40. The first-order chi connectivity index (χ1) is 10.5. The molecule has 4 nitrogen and oxygen atoms in total. The van der Waals surface area contributed by atoms with Gasteiger partial charge >= 0.3 is 6.61 Å². The molecule has 7 heteroatoms. The number of aliphatic hydroxyl groups is 1. The van der Waals surface area contributed by atoms with Gasteiger partial charge in [0.15, 0.2) is 0 Å². The summed E-state index contributed by atoms with van der Waals surface area (Å²) >= 11 is 3.33. The highest BCUT2D eigenvalue weighted by Gasteiger charge is 2.17. The number of benzene rings is 1. The van der Waals surface area contributed by atoms with E-state index in [-0.39, 0.29) is 5.75 Å². The van der Waals surface area contributed by atoms with Crippen molar-refractivity contribution in [1.29, 1.82) is 0 Å². The van der Waals surface area contributed by atoms with Crippen molar-refractivity contribution in [2.45, 2.75) is 12.7 Å². The van der Waals surface area contributed by atoms with E-state index in [1.165, 1.54) is 12.1 Å². The molecule has 0 aliphatic heterocycles. The van der Waals surface area contributed by atoms with Crippen LogP contribution in [0.5, 0.6) is 5.75 Å². The highest BCUT2D eigenvalue weighted by atomic mass is 79.9. The van der Waals surface area contributed by atoms with Gasteiger partial charge in [0.25, 0.3) is 0 Å². The number of aliphatic hydroxyl groups excluding tert-OH is 1. The van der Waals surface area contributed by atoms with Gasteiger partial charge in [0.1, 0.15) is 17.5 Å². The number of hydrogen-bond acceptors (Lipinski definition) is 3. The molecule has 3 rings (SSSR count). The fourth-order valence-corrected chi connectivity index (χ4v) is 2.60. The minimum Gasteiger partial charge on any atom is -0.435 e. The van der Waals surface area contributed by atoms with Crippen LogP contribution in [0.25, 0.3) is 11.0 Å². The molecule has 2 heterocycles. The number of ether oxygens (including phenoxy) is 1. The molecule has 0 saturated heterocycles. The SMILES string of the molecule is OC(c1cccc(OC(F)F)c1)c1c[nH]c2ncc(Br)cc12. The number of pyridine rings is 1. The van der Waals surface area contributed by atoms with Crippen LogP contribution in [0.15, 0.2) is 47.2 Å². The second-order valence-corrected chi connectivity index (χ2v) is 5.56. The van der Waals surface area contributed by atoms with Crippen LogP contribution in [0.4, 0.5) is 8.78 Å². The fourth-order valence-electron chi connectivity index (χ4n) is 2.26. The highest BCUT2D eigenvalue weighted by Crippen LogP contribution is 2.31. The second kappa shape index (κ2) is 6.02. The first kappa shape index (κ1) is 14.9. The van der Waals surface area contributed by atoms with E-state index in [0.717, 1.165) is 9.86 Å². The number of aromatic amines is 1. The number of alkyl halides is 2. The lowest BCUT2D eigenvalue weighted by atomic mass is 10.0. The maximum atomic E-state index is 12.3. The van der Waals surface area contributed by atoms with Gasteiger partial charge < -0.3 is 14.8 Å². The first-order valence-corrected chi connectivity index (χ1v) is 7.19. The molecule has 2 N–H and O–H groups in total. The van der Waals surface area contributed by atoms with E-state index in [4.69, 9.17) is 0 Å². The van der Waals surface area contributed by atoms with Gasteiger partial charge in [-0.15, -0.1) is 0 Å². The van der Waals surface area contributed by atoms with Crippen LogP contribution >= 0.6 is 15.9 Å². The van der Waals surface area contributed by atoms with E-state index in [2.05, 4.69) is 30.6 Å². The molecular formula is C15H11BrF2N2O2. The number of fused-ring (bicyclic) bond motifs is 1. The fraction of sp³-hybridized carbons (Fsp3) is 0.133. The Balaban J connectivity index is 1.98. The van der Waals surface area contributed by atoms with Crippen molar-refractivity contribution < 1.29 is 18.6 Å². The molecule has 0 amide bonds. The maximum Gasteiger partial charge on any atom is 0.387 e. The Labute approximate surface area is 132 Å². The number of hydrogen-bond donors (Lipinski definition) is 2. The summed E-state index contributed by atoms with van der Waals surface area (Å²) in [6.07, 6.45) is 2.31. The van der Waals surface area contributed by atoms with E-state index in [9.17, 15) is 13.9 Å². The normalized spacial score (nSPS) is 12.8. The number of nitrogens with zero attached hydrogens (tertiary/aromatic N) is 1. The zero-order valence-corrected chi connectivity index (χ0v) is 12.7. The molecule has 0 radical (unpaired) electrons. The van der Waals surface area contributed by atoms with Gasteiger partial charge in [-0.05, 0) is 39.7 Å². The number of rotatable bonds is 4. The van der Waals surface area contributed by atoms with E-state index in [1.54, 1.807) is 24.5 Å². The van der Waals surface area contributed by atoms with E-state index < -0.39 is 12.7 Å². The lowest BCUT2D eigenvalue weighted by molar-refractivity contribution is -0.0499. The Bertz CT molecular complexity index is 807. The second-order valence-electron chi connectivity index (χ2n) is 4.65. The van der Waals surface area contributed by atoms with Gasteiger partial charge in [0.05, 0.1) is 0 Å². The smallest absolute Gasteiger partial charge is 0.387 e. The molecule has 114 valence electrons. The molecule has 0 aliphatic carbocycles. The summed E-state index contributed by atoms with van der Waals surface area (Å²) in [5.74, 6) is 0.00527. The van der Waals surface area contributed by atoms with Gasteiger partial charge in [-0.2, -0.15) is 8.78 Å². The zero-order chi connectivity index (χ0) is 15.7. The van der Waals surface area contributed by atoms with Crippen LogP contribution in [-0.4, -0.2) is 21.7 Å². The van der Waals surface area contributed by atoms with Crippen molar-refractivity contribution in [3.05, 3.63) is 58.3 Å². The van der Waals surface area contributed by atoms with Crippen molar-refractivity contribution in [3.63, 3.8) is 0 Å². The summed E-state index contributed by atoms with van der Waals surface area (Å²) in [4.78, 5) is 7.17. The van der Waals surface area contributed by atoms with Crippen molar-refractivity contribution in [2.24, 2.45) is 0 Å². The molecule has 0 spiro atoms. The van der Waals surface area contributed by atoms with Gasteiger partial charge in [-0.25, -0.2) is 4.98 Å². The monoisotopic (exact) mass is 368 g/mol. The van der Waals surface area contributed by atoms with Gasteiger partial charge in [-0.1, -0.05) is 12.1 Å². The van der Waals surface area contributed by atoms with Crippen molar-refractivity contribution in [2.75, 3.05) is 0 Å². The lowest BCUT2D eigenvalue weighted by Crippen LogP contribution is -2.04. The molecule has 22 heavy (non-hydrogen) atoms. The number of nitrogens with one attached hydrogen (secondary N) is 1. The van der Waals surface area contributed by atoms with Crippen molar-refractivity contribution in [3.8, 4) is 5.75 Å². The molecule has 2 aromatic heterocycles. The highest BCUT2D eigenvalue weighted by molar-refractivity contribution is 9.10. The molecule has 3 aromatic rings. The minimum absolute atomic E-state index is 0.00527. The molecule has 0 saturated carbocycles. The summed E-state index contributed by atoms with van der Waals surface area (Å²) < 4.78 is 29.7. The Morgan fingerprint density at radius 3 is 2.86 bits per heavy atom. The van der Waals surface area contributed by atoms with E-state index >= 15 is 0 Å². The quantitative estimate of drug-likeness (QED) is 0.731. The Kier molecular flexibility index (Phi) is 4.08. The molecule has 0 fully saturated rings. The summed E-state index contributed by atoms with van der Waals surface area (Å²) in [7, 11) is 0. The molecule has 0 bridgehead atoms. The minimum atomic E-state index is -2.90. The molecule has 1 aromatic carbocycles. The average molecular weight is 369 g/mol. The average Bonchev–Trinajstić information content (AvgIpc) is 2.89. The summed E-state index contributed by atoms with van der Waals surface area (Å²) in [5.41, 5.74) is 1.70. The van der Waals surface area contributed by atoms with Crippen LogP contribution in [0.3, 0.4) is 0 Å². The summed E-state index contributed by atoms with van der Waals surface area (Å²) in [6, 6.07) is 7.83. The van der Waals surface area contributed by atoms with Gasteiger partial charge in [0, 0.05) is 27.8 Å². The maximum absolute atomic E-state index is 12.3. The third-order valence-corrected chi connectivity index (χ3v) is 3.66. The zero-order valence-electron chi connectivity index (χ0n) is 11.1. The molecule has 0 aliphatic rings. The number of aromatic nitrogens is 2. The van der Waals surface area contributed by atoms with E-state index in [1.807, 2.05) is 6.07 Å². The summed E-state index contributed by atoms with van der Waals surface area (Å²) in [5, 5.41) is 11.3. The number of halogens is 3. The standard InChI is InChI=1S/C15H11BrF2N2O2/c16-9-5-11-12(7-20-14(11)19-6-9)13(21)8-2-1-3-10(4-8)22-15(17)18/h1-7,13,15,21H,(H,19,20). The lowest BCUT2D eigenvalue weighted by Gasteiger charge is -2.12. The van der Waals surface area contributed by atoms with Crippen molar-refractivity contribution in [1.82, 2.24) is 9.97 Å². The van der Waals surface area contributed by atoms with Gasteiger partial charge in [0.2, 0.25) is 0 Å². The Morgan fingerprint density at radius 1 is 1.27 bits per heavy atom. The summed E-state index contributed by atoms with van der Waals surface area (Å²) in [6.45, 7) is -2.90. The number of H-pyrrole nitrogens is 1. The molecule has 1 atom stereocenters. The van der Waals surface area contributed by atoms with E-state index in [0.29, 0.717) is 16.8 Å². The van der Waals surface area contributed by atoms with Crippen LogP contribution in [-0.2, 0) is 0 Å². The van der Waals surface area contributed by atoms with Crippen LogP contribution in [0, 0.1) is 0 Å².